The Hall–Kier alpha value is -0.960. The van der Waals surface area contributed by atoms with Crippen molar-refractivity contribution in [3.8, 4) is 0 Å². The molecule has 1 amide bonds. The third kappa shape index (κ3) is 4.88. The fourth-order valence-electron chi connectivity index (χ4n) is 1.15. The number of carbonyl (C=O) groups is 1. The Morgan fingerprint density at radius 1 is 1.33 bits per heavy atom. The summed E-state index contributed by atoms with van der Waals surface area (Å²) in [5, 5.41) is 2.86. The van der Waals surface area contributed by atoms with Gasteiger partial charge in [-0.2, -0.15) is 0 Å². The number of nitrogens with one attached hydrogen (secondary N) is 1. The van der Waals surface area contributed by atoms with Gasteiger partial charge < -0.3 is 5.32 Å². The summed E-state index contributed by atoms with van der Waals surface area (Å²) in [5.41, 5.74) is 1.24. The highest BCUT2D eigenvalue weighted by Crippen LogP contribution is 2.17. The molecule has 0 spiro atoms. The predicted octanol–water partition coefficient (Wildman–Crippen LogP) is 2.61. The highest BCUT2D eigenvalue weighted by molar-refractivity contribution is 8.00. The monoisotopic (exact) mass is 223 g/mol. The molecule has 0 aromatic heterocycles. The molecule has 0 unspecified atom stereocenters. The minimum absolute atomic E-state index is 0.0931. The van der Waals surface area contributed by atoms with Gasteiger partial charge in [0.1, 0.15) is 0 Å². The van der Waals surface area contributed by atoms with Crippen molar-refractivity contribution in [2.75, 3.05) is 5.75 Å². The summed E-state index contributed by atoms with van der Waals surface area (Å²) in [7, 11) is 0. The van der Waals surface area contributed by atoms with Crippen LogP contribution in [0.3, 0.4) is 0 Å². The van der Waals surface area contributed by atoms with E-state index in [9.17, 15) is 4.79 Å². The van der Waals surface area contributed by atoms with Crippen LogP contribution >= 0.6 is 11.8 Å². The second kappa shape index (κ2) is 5.81. The van der Waals surface area contributed by atoms with Gasteiger partial charge in [-0.15, -0.1) is 11.8 Å². The first-order valence-corrected chi connectivity index (χ1v) is 6.05. The van der Waals surface area contributed by atoms with Crippen molar-refractivity contribution in [2.24, 2.45) is 0 Å². The summed E-state index contributed by atoms with van der Waals surface area (Å²) in [4.78, 5) is 12.5. The molecule has 0 atom stereocenters. The quantitative estimate of drug-likeness (QED) is 0.795. The van der Waals surface area contributed by atoms with Crippen LogP contribution in [0.5, 0.6) is 0 Å². The molecule has 15 heavy (non-hydrogen) atoms. The first-order chi connectivity index (χ1) is 7.08. The lowest BCUT2D eigenvalue weighted by molar-refractivity contribution is -0.119. The molecule has 2 nitrogen and oxygen atoms in total. The standard InChI is InChI=1S/C12H17NOS/c1-9(2)13-12(14)8-15-11-6-4-10(3)5-7-11/h4-7,9H,8H2,1-3H3,(H,13,14). The van der Waals surface area contributed by atoms with Gasteiger partial charge in [0.15, 0.2) is 0 Å². The van der Waals surface area contributed by atoms with Crippen molar-refractivity contribution >= 4 is 17.7 Å². The van der Waals surface area contributed by atoms with E-state index in [1.165, 1.54) is 5.56 Å². The van der Waals surface area contributed by atoms with Crippen LogP contribution in [0.25, 0.3) is 0 Å². The van der Waals surface area contributed by atoms with Gasteiger partial charge in [0.05, 0.1) is 5.75 Å². The maximum absolute atomic E-state index is 11.4. The number of carbonyl (C=O) groups excluding carboxylic acids is 1. The van der Waals surface area contributed by atoms with Crippen molar-refractivity contribution in [3.63, 3.8) is 0 Å². The maximum atomic E-state index is 11.4. The number of hydrogen-bond donors (Lipinski definition) is 1. The normalized spacial score (nSPS) is 10.4. The van der Waals surface area contributed by atoms with Crippen molar-refractivity contribution < 1.29 is 4.79 Å². The van der Waals surface area contributed by atoms with Crippen molar-refractivity contribution in [1.29, 1.82) is 0 Å². The summed E-state index contributed by atoms with van der Waals surface area (Å²) in [6, 6.07) is 8.42. The SMILES string of the molecule is Cc1ccc(SCC(=O)NC(C)C)cc1. The zero-order valence-electron chi connectivity index (χ0n) is 9.41. The van der Waals surface area contributed by atoms with Gasteiger partial charge >= 0.3 is 0 Å². The molecule has 0 saturated carbocycles. The average molecular weight is 223 g/mol. The first-order valence-electron chi connectivity index (χ1n) is 5.07. The van der Waals surface area contributed by atoms with Crippen LogP contribution in [-0.4, -0.2) is 17.7 Å². The van der Waals surface area contributed by atoms with E-state index in [1.807, 2.05) is 26.0 Å². The van der Waals surface area contributed by atoms with Gasteiger partial charge in [-0.3, -0.25) is 4.79 Å². The van der Waals surface area contributed by atoms with Gasteiger partial charge in [0, 0.05) is 10.9 Å². The van der Waals surface area contributed by atoms with Gasteiger partial charge in [-0.25, -0.2) is 0 Å². The molecule has 1 N–H and O–H groups in total. The summed E-state index contributed by atoms with van der Waals surface area (Å²) in [6.45, 7) is 5.99. The fourth-order valence-corrected chi connectivity index (χ4v) is 1.86. The predicted molar refractivity (Wildman–Crippen MR) is 65.2 cm³/mol. The third-order valence-corrected chi connectivity index (χ3v) is 2.85. The number of amides is 1. The van der Waals surface area contributed by atoms with Crippen molar-refractivity contribution in [3.05, 3.63) is 29.8 Å². The Morgan fingerprint density at radius 3 is 2.47 bits per heavy atom. The molecule has 1 aromatic rings. The molecule has 1 rings (SSSR count). The minimum atomic E-state index is 0.0931. The second-order valence-corrected chi connectivity index (χ2v) is 4.87. The topological polar surface area (TPSA) is 29.1 Å². The number of aryl methyl sites for hydroxylation is 1. The Labute approximate surface area is 95.5 Å². The molecule has 0 saturated heterocycles. The highest BCUT2D eigenvalue weighted by Gasteiger charge is 2.03. The molecule has 1 aromatic carbocycles. The van der Waals surface area contributed by atoms with E-state index in [0.717, 1.165) is 4.90 Å². The molecular formula is C12H17NOS. The van der Waals surface area contributed by atoms with Gasteiger partial charge in [-0.1, -0.05) is 17.7 Å². The molecular weight excluding hydrogens is 206 g/mol. The molecule has 0 aliphatic carbocycles. The summed E-state index contributed by atoms with van der Waals surface area (Å²) in [5.74, 6) is 0.580. The summed E-state index contributed by atoms with van der Waals surface area (Å²) in [6.07, 6.45) is 0. The number of benzene rings is 1. The molecule has 0 heterocycles. The van der Waals surface area contributed by atoms with Crippen molar-refractivity contribution in [1.82, 2.24) is 5.32 Å². The first kappa shape index (κ1) is 12.1. The van der Waals surface area contributed by atoms with E-state index in [4.69, 9.17) is 0 Å². The number of hydrogen-bond acceptors (Lipinski definition) is 2. The highest BCUT2D eigenvalue weighted by atomic mass is 32.2. The molecule has 0 aliphatic heterocycles. The number of thioether (sulfide) groups is 1. The minimum Gasteiger partial charge on any atom is -0.353 e. The maximum Gasteiger partial charge on any atom is 0.230 e. The number of rotatable bonds is 4. The molecule has 0 radical (unpaired) electrons. The lowest BCUT2D eigenvalue weighted by atomic mass is 10.2. The van der Waals surface area contributed by atoms with Gasteiger partial charge in [-0.05, 0) is 32.9 Å². The van der Waals surface area contributed by atoms with E-state index in [1.54, 1.807) is 11.8 Å². The van der Waals surface area contributed by atoms with Gasteiger partial charge in [0.2, 0.25) is 5.91 Å². The Bertz CT molecular complexity index is 319. The summed E-state index contributed by atoms with van der Waals surface area (Å²) < 4.78 is 0. The van der Waals surface area contributed by atoms with Gasteiger partial charge in [0.25, 0.3) is 0 Å². The molecule has 0 fully saturated rings. The lowest BCUT2D eigenvalue weighted by Gasteiger charge is -2.07. The van der Waals surface area contributed by atoms with E-state index in [0.29, 0.717) is 5.75 Å². The van der Waals surface area contributed by atoms with E-state index in [2.05, 4.69) is 24.4 Å². The zero-order valence-corrected chi connectivity index (χ0v) is 10.2. The van der Waals surface area contributed by atoms with E-state index >= 15 is 0 Å². The Morgan fingerprint density at radius 2 is 1.93 bits per heavy atom. The van der Waals surface area contributed by atoms with Crippen LogP contribution in [-0.2, 0) is 4.79 Å². The largest absolute Gasteiger partial charge is 0.353 e. The van der Waals surface area contributed by atoms with Crippen LogP contribution in [0, 0.1) is 6.92 Å². The molecule has 3 heteroatoms. The molecule has 82 valence electrons. The third-order valence-electron chi connectivity index (χ3n) is 1.84. The summed E-state index contributed by atoms with van der Waals surface area (Å²) >= 11 is 1.57. The van der Waals surface area contributed by atoms with Crippen LogP contribution in [0.2, 0.25) is 0 Å². The fraction of sp³-hybridized carbons (Fsp3) is 0.417. The Balaban J connectivity index is 2.37. The average Bonchev–Trinajstić information content (AvgIpc) is 2.16. The molecule has 0 bridgehead atoms. The van der Waals surface area contributed by atoms with Crippen LogP contribution < -0.4 is 5.32 Å². The van der Waals surface area contributed by atoms with E-state index in [-0.39, 0.29) is 11.9 Å². The second-order valence-electron chi connectivity index (χ2n) is 3.82. The Kier molecular flexibility index (Phi) is 4.69. The van der Waals surface area contributed by atoms with Crippen LogP contribution in [0.4, 0.5) is 0 Å². The van der Waals surface area contributed by atoms with E-state index < -0.39 is 0 Å². The zero-order chi connectivity index (χ0) is 11.3. The van der Waals surface area contributed by atoms with Crippen LogP contribution in [0.15, 0.2) is 29.2 Å². The van der Waals surface area contributed by atoms with Crippen molar-refractivity contribution in [2.45, 2.75) is 31.7 Å². The van der Waals surface area contributed by atoms with Crippen LogP contribution in [0.1, 0.15) is 19.4 Å². The lowest BCUT2D eigenvalue weighted by Crippen LogP contribution is -2.31. The smallest absolute Gasteiger partial charge is 0.230 e. The molecule has 0 aliphatic rings.